The summed E-state index contributed by atoms with van der Waals surface area (Å²) in [6.07, 6.45) is 3.60. The second kappa shape index (κ2) is 7.44. The molecule has 1 N–H and O–H groups in total. The minimum Gasteiger partial charge on any atom is -0.339 e. The van der Waals surface area contributed by atoms with E-state index in [9.17, 15) is 4.79 Å². The summed E-state index contributed by atoms with van der Waals surface area (Å²) in [4.78, 5) is 24.0. The molecule has 4 rings (SSSR count). The van der Waals surface area contributed by atoms with Gasteiger partial charge in [0.2, 0.25) is 5.91 Å². The number of nitrogens with one attached hydrogen (secondary N) is 1. The first-order valence-corrected chi connectivity index (χ1v) is 9.78. The summed E-state index contributed by atoms with van der Waals surface area (Å²) < 4.78 is 4.50. The van der Waals surface area contributed by atoms with Crippen LogP contribution in [-0.2, 0) is 4.79 Å². The molecule has 6 nitrogen and oxygen atoms in total. The van der Waals surface area contributed by atoms with Crippen LogP contribution in [0.25, 0.3) is 10.2 Å². The van der Waals surface area contributed by atoms with E-state index in [1.807, 2.05) is 23.1 Å². The van der Waals surface area contributed by atoms with Crippen molar-refractivity contribution in [3.05, 3.63) is 54.4 Å². The summed E-state index contributed by atoms with van der Waals surface area (Å²) in [7, 11) is 0. The van der Waals surface area contributed by atoms with E-state index in [1.54, 1.807) is 13.1 Å². The van der Waals surface area contributed by atoms with Gasteiger partial charge in [0.25, 0.3) is 0 Å². The number of amides is 1. The third-order valence-electron chi connectivity index (χ3n) is 4.84. The molecule has 1 fully saturated rings. The van der Waals surface area contributed by atoms with Gasteiger partial charge in [-0.25, -0.2) is 9.97 Å². The van der Waals surface area contributed by atoms with Gasteiger partial charge < -0.3 is 10.2 Å². The number of carbonyl (C=O) groups excluding carboxylic acids is 1. The maximum absolute atomic E-state index is 12.1. The summed E-state index contributed by atoms with van der Waals surface area (Å²) in [5.74, 6) is 1.99. The third kappa shape index (κ3) is 3.68. The number of hydrogen-bond acceptors (Lipinski definition) is 6. The molecule has 1 amide bonds. The van der Waals surface area contributed by atoms with Crippen molar-refractivity contribution in [1.29, 1.82) is 0 Å². The number of aromatic nitrogens is 3. The monoisotopic (exact) mass is 379 g/mol. The minimum atomic E-state index is 0.0598. The number of likely N-dealkylation sites (tertiary alicyclic amines) is 1. The van der Waals surface area contributed by atoms with Gasteiger partial charge in [0.05, 0.1) is 5.39 Å². The summed E-state index contributed by atoms with van der Waals surface area (Å²) in [6, 6.07) is 9.89. The zero-order valence-corrected chi connectivity index (χ0v) is 16.0. The van der Waals surface area contributed by atoms with Gasteiger partial charge in [-0.1, -0.05) is 12.6 Å². The Morgan fingerprint density at radius 1 is 1.26 bits per heavy atom. The molecule has 0 bridgehead atoms. The van der Waals surface area contributed by atoms with E-state index in [2.05, 4.69) is 33.4 Å². The molecule has 1 saturated heterocycles. The van der Waals surface area contributed by atoms with Crippen LogP contribution in [-0.4, -0.2) is 38.2 Å². The normalized spacial score (nSPS) is 15.1. The Hall–Kier alpha value is -2.80. The lowest BCUT2D eigenvalue weighted by Crippen LogP contribution is -2.38. The molecule has 1 aliphatic heterocycles. The van der Waals surface area contributed by atoms with Crippen LogP contribution in [0.1, 0.15) is 31.4 Å². The van der Waals surface area contributed by atoms with Crippen molar-refractivity contribution in [3.8, 4) is 0 Å². The number of piperidine rings is 1. The van der Waals surface area contributed by atoms with Crippen molar-refractivity contribution < 1.29 is 4.79 Å². The molecule has 0 unspecified atom stereocenters. The highest BCUT2D eigenvalue weighted by Gasteiger charge is 2.25. The van der Waals surface area contributed by atoms with E-state index in [-0.39, 0.29) is 5.91 Å². The third-order valence-corrected chi connectivity index (χ3v) is 5.60. The van der Waals surface area contributed by atoms with Gasteiger partial charge >= 0.3 is 0 Å². The van der Waals surface area contributed by atoms with E-state index in [0.29, 0.717) is 11.5 Å². The molecule has 0 spiro atoms. The van der Waals surface area contributed by atoms with Gasteiger partial charge in [-0.2, -0.15) is 4.37 Å². The molecule has 27 heavy (non-hydrogen) atoms. The van der Waals surface area contributed by atoms with Crippen LogP contribution in [0.5, 0.6) is 0 Å². The Morgan fingerprint density at radius 3 is 2.78 bits per heavy atom. The topological polar surface area (TPSA) is 71.0 Å². The number of fused-ring (bicyclic) bond motifs is 1. The largest absolute Gasteiger partial charge is 0.339 e. The molecule has 0 atom stereocenters. The van der Waals surface area contributed by atoms with Crippen molar-refractivity contribution in [3.63, 3.8) is 0 Å². The molecule has 0 aromatic carbocycles. The maximum atomic E-state index is 12.1. The molecule has 0 radical (unpaired) electrons. The lowest BCUT2D eigenvalue weighted by molar-refractivity contribution is -0.128. The quantitative estimate of drug-likeness (QED) is 0.691. The van der Waals surface area contributed by atoms with Gasteiger partial charge in [0.15, 0.2) is 5.82 Å². The van der Waals surface area contributed by atoms with Crippen LogP contribution in [0.3, 0.4) is 0 Å². The second-order valence-electron chi connectivity index (χ2n) is 6.81. The average molecular weight is 379 g/mol. The first kappa shape index (κ1) is 17.6. The van der Waals surface area contributed by atoms with Crippen LogP contribution in [0.4, 0.5) is 11.6 Å². The number of rotatable bonds is 4. The fraction of sp³-hybridized carbons (Fsp3) is 0.300. The number of nitrogens with zero attached hydrogens (tertiary/aromatic N) is 4. The van der Waals surface area contributed by atoms with Crippen molar-refractivity contribution in [1.82, 2.24) is 19.2 Å². The highest BCUT2D eigenvalue weighted by atomic mass is 32.1. The van der Waals surface area contributed by atoms with Crippen LogP contribution in [0.2, 0.25) is 0 Å². The smallest absolute Gasteiger partial charge is 0.248 e. The van der Waals surface area contributed by atoms with Gasteiger partial charge in [-0.3, -0.25) is 4.79 Å². The fourth-order valence-electron chi connectivity index (χ4n) is 3.37. The summed E-state index contributed by atoms with van der Waals surface area (Å²) in [6.45, 7) is 7.03. The lowest BCUT2D eigenvalue weighted by Gasteiger charge is -2.31. The Bertz CT molecular complexity index is 976. The van der Waals surface area contributed by atoms with Crippen molar-refractivity contribution >= 4 is 39.3 Å². The summed E-state index contributed by atoms with van der Waals surface area (Å²) in [5, 5.41) is 4.25. The molecule has 138 valence electrons. The van der Waals surface area contributed by atoms with Gasteiger partial charge in [0, 0.05) is 36.5 Å². The molecule has 3 aromatic heterocycles. The molecule has 0 saturated carbocycles. The van der Waals surface area contributed by atoms with E-state index in [0.717, 1.165) is 53.5 Å². The number of anilines is 2. The number of carbonyl (C=O) groups is 1. The van der Waals surface area contributed by atoms with E-state index >= 15 is 0 Å². The van der Waals surface area contributed by atoms with Gasteiger partial charge in [0.1, 0.15) is 10.6 Å². The van der Waals surface area contributed by atoms with Crippen LogP contribution in [0, 0.1) is 0 Å². The molecular formula is C20H21N5OS. The first-order valence-electron chi connectivity index (χ1n) is 9.01. The van der Waals surface area contributed by atoms with Crippen molar-refractivity contribution in [2.75, 3.05) is 18.4 Å². The van der Waals surface area contributed by atoms with Crippen LogP contribution < -0.4 is 5.32 Å². The Balaban J connectivity index is 1.48. The van der Waals surface area contributed by atoms with E-state index in [4.69, 9.17) is 4.98 Å². The van der Waals surface area contributed by atoms with E-state index in [1.165, 1.54) is 11.5 Å². The summed E-state index contributed by atoms with van der Waals surface area (Å²) in [5.41, 5.74) is 1.68. The highest BCUT2D eigenvalue weighted by Crippen LogP contribution is 2.32. The van der Waals surface area contributed by atoms with E-state index < -0.39 is 0 Å². The Labute approximate surface area is 162 Å². The fourth-order valence-corrected chi connectivity index (χ4v) is 4.10. The minimum absolute atomic E-state index is 0.0598. The number of pyridine rings is 2. The van der Waals surface area contributed by atoms with Crippen LogP contribution >= 0.6 is 11.5 Å². The summed E-state index contributed by atoms with van der Waals surface area (Å²) >= 11 is 1.39. The van der Waals surface area contributed by atoms with Crippen LogP contribution in [0.15, 0.2) is 48.7 Å². The molecule has 4 heterocycles. The van der Waals surface area contributed by atoms with Crippen molar-refractivity contribution in [2.45, 2.75) is 25.7 Å². The predicted octanol–water partition coefficient (Wildman–Crippen LogP) is 4.11. The lowest BCUT2D eigenvalue weighted by atomic mass is 9.92. The molecule has 7 heteroatoms. The molecule has 3 aromatic rings. The van der Waals surface area contributed by atoms with Gasteiger partial charge in [-0.05, 0) is 55.6 Å². The highest BCUT2D eigenvalue weighted by molar-refractivity contribution is 7.13. The molecular weight excluding hydrogens is 358 g/mol. The zero-order chi connectivity index (χ0) is 18.8. The van der Waals surface area contributed by atoms with Crippen molar-refractivity contribution in [2.24, 2.45) is 0 Å². The Kier molecular flexibility index (Phi) is 4.85. The number of hydrogen-bond donors (Lipinski definition) is 1. The standard InChI is InChI=1S/C20H21N5OS/c1-13(2)20(26)25-11-8-14(9-12-25)16-7-6-15-18(24-27-19(15)22-16)23-17-5-3-4-10-21-17/h3-7,10,14H,1,8-9,11-12H2,2H3,(H,21,23,24). The molecule has 1 aliphatic rings. The average Bonchev–Trinajstić information content (AvgIpc) is 3.10. The first-order chi connectivity index (χ1) is 13.1. The second-order valence-corrected chi connectivity index (χ2v) is 7.56. The molecule has 0 aliphatic carbocycles. The SMILES string of the molecule is C=C(C)C(=O)N1CCC(c2ccc3c(Nc4ccccn4)nsc3n2)CC1. The maximum Gasteiger partial charge on any atom is 0.248 e. The Morgan fingerprint density at radius 2 is 2.07 bits per heavy atom. The predicted molar refractivity (Wildman–Crippen MR) is 108 cm³/mol. The zero-order valence-electron chi connectivity index (χ0n) is 15.2. The van der Waals surface area contributed by atoms with Gasteiger partial charge in [-0.15, -0.1) is 0 Å².